The van der Waals surface area contributed by atoms with Gasteiger partial charge < -0.3 is 15.7 Å². The van der Waals surface area contributed by atoms with Crippen LogP contribution in [0, 0.1) is 19.5 Å². The highest BCUT2D eigenvalue weighted by atomic mass is 127. The maximum atomic E-state index is 13.2. The first-order valence-corrected chi connectivity index (χ1v) is 11.4. The molecule has 4 nitrogen and oxygen atoms in total. The molecule has 2 aliphatic rings. The summed E-state index contributed by atoms with van der Waals surface area (Å²) < 4.78 is 1.57. The third-order valence-corrected chi connectivity index (χ3v) is 6.99. The van der Waals surface area contributed by atoms with Crippen LogP contribution in [-0.4, -0.2) is 10.9 Å². The number of Topliss-reactive ketones (excluding diaryl/α,β-unsaturated/α-hetero) is 1. The quantitative estimate of drug-likeness (QED) is 0.345. The van der Waals surface area contributed by atoms with Gasteiger partial charge in [-0.15, -0.1) is 0 Å². The minimum Gasteiger partial charge on any atom is -0.506 e. The second-order valence-electron chi connectivity index (χ2n) is 8.42. The van der Waals surface area contributed by atoms with Gasteiger partial charge in [-0.05, 0) is 99.3 Å². The van der Waals surface area contributed by atoms with Gasteiger partial charge in [0.1, 0.15) is 5.75 Å². The number of halogens is 2. The molecule has 6 heteroatoms. The van der Waals surface area contributed by atoms with Gasteiger partial charge in [-0.3, -0.25) is 4.79 Å². The van der Waals surface area contributed by atoms with E-state index < -0.39 is 0 Å². The molecule has 2 aromatic carbocycles. The van der Waals surface area contributed by atoms with E-state index in [9.17, 15) is 9.90 Å². The summed E-state index contributed by atoms with van der Waals surface area (Å²) in [5.41, 5.74) is 5.87. The fraction of sp³-hybridized carbons (Fsp3) is 0.318. The molecule has 0 aromatic heterocycles. The van der Waals surface area contributed by atoms with Crippen molar-refractivity contribution in [3.63, 3.8) is 0 Å². The third kappa shape index (κ3) is 3.65. The number of hydrogen-bond donors (Lipinski definition) is 3. The van der Waals surface area contributed by atoms with Gasteiger partial charge in [0.05, 0.1) is 24.6 Å². The molecule has 4 rings (SSSR count). The average Bonchev–Trinajstić information content (AvgIpc) is 2.74. The number of ketones is 1. The Hall–Kier alpha value is -1.29. The molecule has 146 valence electrons. The van der Waals surface area contributed by atoms with Crippen molar-refractivity contribution >= 4 is 62.3 Å². The Morgan fingerprint density at radius 1 is 1.07 bits per heavy atom. The highest BCUT2D eigenvalue weighted by Gasteiger charge is 2.38. The Kier molecular flexibility index (Phi) is 5.14. The van der Waals surface area contributed by atoms with Crippen molar-refractivity contribution < 1.29 is 9.90 Å². The Morgan fingerprint density at radius 3 is 2.43 bits per heavy atom. The Balaban J connectivity index is 1.92. The van der Waals surface area contributed by atoms with Crippen LogP contribution in [0.2, 0.25) is 0 Å². The Labute approximate surface area is 192 Å². The van der Waals surface area contributed by atoms with Crippen LogP contribution in [0.15, 0.2) is 41.6 Å². The predicted molar refractivity (Wildman–Crippen MR) is 130 cm³/mol. The molecule has 1 heterocycles. The number of carbonyl (C=O) groups excluding carboxylic acids is 1. The molecule has 1 aliphatic heterocycles. The van der Waals surface area contributed by atoms with Gasteiger partial charge in [0.15, 0.2) is 5.78 Å². The molecule has 0 amide bonds. The summed E-state index contributed by atoms with van der Waals surface area (Å²) >= 11 is 4.29. The van der Waals surface area contributed by atoms with Crippen LogP contribution in [0.3, 0.4) is 0 Å². The van der Waals surface area contributed by atoms with E-state index in [1.807, 2.05) is 12.1 Å². The number of benzene rings is 2. The van der Waals surface area contributed by atoms with Crippen LogP contribution in [-0.2, 0) is 4.79 Å². The molecule has 0 bridgehead atoms. The molecule has 1 unspecified atom stereocenters. The third-order valence-electron chi connectivity index (χ3n) is 5.34. The lowest BCUT2D eigenvalue weighted by Crippen LogP contribution is -2.31. The Morgan fingerprint density at radius 2 is 1.75 bits per heavy atom. The van der Waals surface area contributed by atoms with E-state index in [1.165, 1.54) is 0 Å². The second-order valence-corrected chi connectivity index (χ2v) is 10.7. The number of carbonyl (C=O) groups is 1. The highest BCUT2D eigenvalue weighted by molar-refractivity contribution is 14.1. The van der Waals surface area contributed by atoms with Crippen molar-refractivity contribution in [2.75, 3.05) is 10.6 Å². The molecule has 0 spiro atoms. The van der Waals surface area contributed by atoms with Crippen molar-refractivity contribution in [3.8, 4) is 5.75 Å². The van der Waals surface area contributed by atoms with Crippen molar-refractivity contribution in [3.05, 3.63) is 59.9 Å². The first-order valence-electron chi connectivity index (χ1n) is 9.23. The molecule has 0 radical (unpaired) electrons. The fourth-order valence-corrected chi connectivity index (χ4v) is 5.88. The van der Waals surface area contributed by atoms with Crippen molar-refractivity contribution in [2.24, 2.45) is 5.41 Å². The van der Waals surface area contributed by atoms with Gasteiger partial charge in [-0.2, -0.15) is 0 Å². The minimum absolute atomic E-state index is 0.0690. The van der Waals surface area contributed by atoms with E-state index in [-0.39, 0.29) is 17.2 Å². The summed E-state index contributed by atoms with van der Waals surface area (Å²) in [4.78, 5) is 13.2. The Bertz CT molecular complexity index is 1000. The monoisotopic (exact) mass is 600 g/mol. The van der Waals surface area contributed by atoms with Gasteiger partial charge in [0.25, 0.3) is 0 Å². The number of phenols is 1. The van der Waals surface area contributed by atoms with Crippen LogP contribution in [0.1, 0.15) is 43.9 Å². The van der Waals surface area contributed by atoms with Crippen LogP contribution >= 0.6 is 45.2 Å². The van der Waals surface area contributed by atoms with Crippen LogP contribution in [0.4, 0.5) is 11.4 Å². The van der Waals surface area contributed by atoms with Gasteiger partial charge >= 0.3 is 0 Å². The maximum Gasteiger partial charge on any atom is 0.163 e. The normalized spacial score (nSPS) is 20.6. The minimum atomic E-state index is -0.253. The van der Waals surface area contributed by atoms with Crippen molar-refractivity contribution in [1.29, 1.82) is 0 Å². The van der Waals surface area contributed by atoms with E-state index in [0.717, 1.165) is 47.3 Å². The van der Waals surface area contributed by atoms with Crippen molar-refractivity contribution in [1.82, 2.24) is 0 Å². The lowest BCUT2D eigenvalue weighted by molar-refractivity contribution is -0.118. The van der Waals surface area contributed by atoms with Crippen LogP contribution in [0.5, 0.6) is 5.75 Å². The SMILES string of the molecule is Cc1ccc2c(c1)NC(c1cc(I)c(O)c(I)c1)C1=C(CC(C)(C)CC1=O)N2. The molecule has 2 aromatic rings. The number of aryl methyl sites for hydroxylation is 1. The number of rotatable bonds is 1. The molecular formula is C22H22I2N2O2. The summed E-state index contributed by atoms with van der Waals surface area (Å²) in [6.07, 6.45) is 1.36. The standard InChI is InChI=1S/C22H22I2N2O2/c1-11-4-5-15-16(6-11)26-20(12-7-13(23)21(28)14(24)8-12)19-17(25-15)9-22(2,3)10-18(19)27/h4-8,20,25-26,28H,9-10H2,1-3H3. The van der Waals surface area contributed by atoms with Crippen molar-refractivity contribution in [2.45, 2.75) is 39.7 Å². The fourth-order valence-electron chi connectivity index (χ4n) is 4.06. The largest absolute Gasteiger partial charge is 0.506 e. The molecule has 0 saturated carbocycles. The number of aromatic hydroxyl groups is 1. The van der Waals surface area contributed by atoms with Crippen LogP contribution in [0.25, 0.3) is 0 Å². The van der Waals surface area contributed by atoms with E-state index in [4.69, 9.17) is 0 Å². The molecule has 28 heavy (non-hydrogen) atoms. The summed E-state index contributed by atoms with van der Waals surface area (Å²) in [7, 11) is 0. The lowest BCUT2D eigenvalue weighted by atomic mass is 9.73. The number of anilines is 2. The average molecular weight is 600 g/mol. The number of nitrogens with one attached hydrogen (secondary N) is 2. The molecule has 1 aliphatic carbocycles. The van der Waals surface area contributed by atoms with Gasteiger partial charge in [0.2, 0.25) is 0 Å². The second kappa shape index (κ2) is 7.19. The van der Waals surface area contributed by atoms with Crippen LogP contribution < -0.4 is 10.6 Å². The number of fused-ring (bicyclic) bond motifs is 1. The zero-order valence-corrected chi connectivity index (χ0v) is 20.3. The van der Waals surface area contributed by atoms with E-state index in [1.54, 1.807) is 0 Å². The molecule has 0 saturated heterocycles. The molecule has 1 atom stereocenters. The number of allylic oxidation sites excluding steroid dienone is 1. The first-order chi connectivity index (χ1) is 13.1. The summed E-state index contributed by atoms with van der Waals surface area (Å²) in [6.45, 7) is 6.36. The zero-order valence-electron chi connectivity index (χ0n) is 16.0. The zero-order chi connectivity index (χ0) is 20.2. The van der Waals surface area contributed by atoms with E-state index in [0.29, 0.717) is 12.2 Å². The molecule has 0 fully saturated rings. The smallest absolute Gasteiger partial charge is 0.163 e. The maximum absolute atomic E-state index is 13.2. The lowest BCUT2D eigenvalue weighted by Gasteiger charge is -2.34. The number of hydrogen-bond acceptors (Lipinski definition) is 4. The highest BCUT2D eigenvalue weighted by Crippen LogP contribution is 2.46. The first kappa shape index (κ1) is 20.0. The van der Waals surface area contributed by atoms with Gasteiger partial charge in [-0.1, -0.05) is 19.9 Å². The summed E-state index contributed by atoms with van der Waals surface area (Å²) in [6, 6.07) is 9.94. The molecule has 3 N–H and O–H groups in total. The summed E-state index contributed by atoms with van der Waals surface area (Å²) in [5.74, 6) is 0.470. The number of phenolic OH excluding ortho intramolecular Hbond substituents is 1. The topological polar surface area (TPSA) is 61.4 Å². The van der Waals surface area contributed by atoms with E-state index >= 15 is 0 Å². The summed E-state index contributed by atoms with van der Waals surface area (Å²) in [5, 5.41) is 17.4. The van der Waals surface area contributed by atoms with Gasteiger partial charge in [-0.25, -0.2) is 0 Å². The van der Waals surface area contributed by atoms with Gasteiger partial charge in [0, 0.05) is 17.7 Å². The predicted octanol–water partition coefficient (Wildman–Crippen LogP) is 6.13. The van der Waals surface area contributed by atoms with E-state index in [2.05, 4.69) is 94.8 Å². The molecular weight excluding hydrogens is 578 g/mol.